The van der Waals surface area contributed by atoms with E-state index < -0.39 is 0 Å². The minimum atomic E-state index is -0.280. The van der Waals surface area contributed by atoms with Gasteiger partial charge in [-0.1, -0.05) is 11.6 Å². The fourth-order valence-corrected chi connectivity index (χ4v) is 2.87. The molecule has 0 saturated carbocycles. The van der Waals surface area contributed by atoms with Gasteiger partial charge in [0.15, 0.2) is 0 Å². The van der Waals surface area contributed by atoms with E-state index in [-0.39, 0.29) is 5.82 Å². The zero-order valence-corrected chi connectivity index (χ0v) is 12.8. The number of hydrogen-bond donors (Lipinski definition) is 2. The predicted molar refractivity (Wildman–Crippen MR) is 88.6 cm³/mol. The van der Waals surface area contributed by atoms with Gasteiger partial charge in [-0.3, -0.25) is 4.98 Å². The second kappa shape index (κ2) is 5.55. The third-order valence-corrected chi connectivity index (χ3v) is 4.00. The third kappa shape index (κ3) is 2.41. The Hall–Kier alpha value is -2.60. The summed E-state index contributed by atoms with van der Waals surface area (Å²) < 4.78 is 15.1. The summed E-state index contributed by atoms with van der Waals surface area (Å²) in [7, 11) is 0. The molecule has 0 unspecified atom stereocenters. The average molecular weight is 330 g/mol. The SMILES string of the molecule is Fc1ccc(-c2nc3n(c2-c2ccncc2Cl)NCCN3)cc1. The molecule has 1 aliphatic rings. The van der Waals surface area contributed by atoms with Crippen molar-refractivity contribution >= 4 is 17.5 Å². The molecule has 23 heavy (non-hydrogen) atoms. The van der Waals surface area contributed by atoms with Crippen molar-refractivity contribution in [2.75, 3.05) is 23.8 Å². The summed E-state index contributed by atoms with van der Waals surface area (Å²) in [6, 6.07) is 8.11. The standard InChI is InChI=1S/C16H13ClFN5/c17-13-9-19-6-5-12(13)15-14(10-1-3-11(18)4-2-10)22-16-20-7-8-21-23(15)16/h1-6,9,21H,7-8H2,(H,20,22). The molecular weight excluding hydrogens is 317 g/mol. The molecule has 0 bridgehead atoms. The van der Waals surface area contributed by atoms with Crippen LogP contribution in [0, 0.1) is 5.82 Å². The lowest BCUT2D eigenvalue weighted by atomic mass is 10.1. The highest BCUT2D eigenvalue weighted by Gasteiger charge is 2.23. The first-order valence-electron chi connectivity index (χ1n) is 7.20. The summed E-state index contributed by atoms with van der Waals surface area (Å²) in [6.07, 6.45) is 3.29. The van der Waals surface area contributed by atoms with Gasteiger partial charge >= 0.3 is 0 Å². The molecular formula is C16H13ClFN5. The summed E-state index contributed by atoms with van der Waals surface area (Å²) in [4.78, 5) is 8.69. The maximum absolute atomic E-state index is 13.2. The number of nitrogens with one attached hydrogen (secondary N) is 2. The maximum Gasteiger partial charge on any atom is 0.223 e. The summed E-state index contributed by atoms with van der Waals surface area (Å²) in [5.74, 6) is 0.427. The maximum atomic E-state index is 13.2. The summed E-state index contributed by atoms with van der Waals surface area (Å²) in [6.45, 7) is 1.55. The van der Waals surface area contributed by atoms with E-state index in [0.29, 0.717) is 11.0 Å². The predicted octanol–water partition coefficient (Wildman–Crippen LogP) is 3.37. The van der Waals surface area contributed by atoms with Crippen LogP contribution < -0.4 is 10.7 Å². The Morgan fingerprint density at radius 3 is 2.74 bits per heavy atom. The number of pyridine rings is 1. The highest BCUT2D eigenvalue weighted by atomic mass is 35.5. The molecule has 7 heteroatoms. The molecule has 116 valence electrons. The quantitative estimate of drug-likeness (QED) is 0.757. The van der Waals surface area contributed by atoms with Crippen molar-refractivity contribution in [2.45, 2.75) is 0 Å². The second-order valence-electron chi connectivity index (χ2n) is 5.17. The van der Waals surface area contributed by atoms with E-state index in [2.05, 4.69) is 20.7 Å². The van der Waals surface area contributed by atoms with Gasteiger partial charge in [-0.15, -0.1) is 0 Å². The normalized spacial score (nSPS) is 13.1. The van der Waals surface area contributed by atoms with E-state index >= 15 is 0 Å². The molecule has 1 aliphatic heterocycles. The van der Waals surface area contributed by atoms with Gasteiger partial charge in [-0.25, -0.2) is 14.1 Å². The number of aromatic nitrogens is 3. The molecule has 5 nitrogen and oxygen atoms in total. The van der Waals surface area contributed by atoms with Crippen LogP contribution in [-0.4, -0.2) is 27.7 Å². The topological polar surface area (TPSA) is 54.8 Å². The molecule has 0 radical (unpaired) electrons. The van der Waals surface area contributed by atoms with Gasteiger partial charge in [0.05, 0.1) is 5.02 Å². The Balaban J connectivity index is 1.97. The molecule has 3 heterocycles. The first-order valence-corrected chi connectivity index (χ1v) is 7.58. The summed E-state index contributed by atoms with van der Waals surface area (Å²) in [5, 5.41) is 3.78. The molecule has 0 fully saturated rings. The molecule has 1 aromatic carbocycles. The van der Waals surface area contributed by atoms with Crippen molar-refractivity contribution in [1.29, 1.82) is 0 Å². The second-order valence-corrected chi connectivity index (χ2v) is 5.57. The fraction of sp³-hybridized carbons (Fsp3) is 0.125. The minimum absolute atomic E-state index is 0.280. The number of imidazole rings is 1. The van der Waals surface area contributed by atoms with Gasteiger partial charge in [-0.05, 0) is 30.3 Å². The van der Waals surface area contributed by atoms with E-state index in [1.54, 1.807) is 24.5 Å². The molecule has 2 N–H and O–H groups in total. The van der Waals surface area contributed by atoms with Gasteiger partial charge in [0.2, 0.25) is 5.95 Å². The van der Waals surface area contributed by atoms with E-state index in [4.69, 9.17) is 11.6 Å². The number of halogens is 2. The van der Waals surface area contributed by atoms with Crippen LogP contribution >= 0.6 is 11.6 Å². The van der Waals surface area contributed by atoms with Gasteiger partial charge in [0, 0.05) is 36.6 Å². The number of rotatable bonds is 2. The van der Waals surface area contributed by atoms with Crippen LogP contribution in [0.1, 0.15) is 0 Å². The first kappa shape index (κ1) is 14.0. The Bertz CT molecular complexity index is 859. The van der Waals surface area contributed by atoms with Crippen molar-refractivity contribution < 1.29 is 4.39 Å². The summed E-state index contributed by atoms with van der Waals surface area (Å²) in [5.41, 5.74) is 6.49. The van der Waals surface area contributed by atoms with E-state index in [0.717, 1.165) is 35.6 Å². The van der Waals surface area contributed by atoms with Crippen LogP contribution in [0.4, 0.5) is 10.3 Å². The van der Waals surface area contributed by atoms with Crippen LogP contribution in [0.15, 0.2) is 42.7 Å². The smallest absolute Gasteiger partial charge is 0.223 e. The number of benzene rings is 1. The Kier molecular flexibility index (Phi) is 3.38. The van der Waals surface area contributed by atoms with Crippen molar-refractivity contribution in [3.8, 4) is 22.5 Å². The third-order valence-electron chi connectivity index (χ3n) is 3.70. The summed E-state index contributed by atoms with van der Waals surface area (Å²) >= 11 is 6.33. The molecule has 3 aromatic rings. The van der Waals surface area contributed by atoms with Gasteiger partial charge in [0.25, 0.3) is 0 Å². The van der Waals surface area contributed by atoms with Crippen molar-refractivity contribution in [2.24, 2.45) is 0 Å². The fourth-order valence-electron chi connectivity index (χ4n) is 2.66. The minimum Gasteiger partial charge on any atom is -0.352 e. The number of fused-ring (bicyclic) bond motifs is 1. The molecule has 0 spiro atoms. The van der Waals surface area contributed by atoms with Crippen LogP contribution in [0.5, 0.6) is 0 Å². The first-order chi connectivity index (χ1) is 11.2. The monoisotopic (exact) mass is 329 g/mol. The van der Waals surface area contributed by atoms with Gasteiger partial charge in [0.1, 0.15) is 17.2 Å². The highest BCUT2D eigenvalue weighted by Crippen LogP contribution is 2.37. The molecule has 0 aliphatic carbocycles. The number of anilines is 1. The van der Waals surface area contributed by atoms with Crippen LogP contribution in [0.3, 0.4) is 0 Å². The largest absolute Gasteiger partial charge is 0.352 e. The molecule has 0 atom stereocenters. The molecule has 4 rings (SSSR count). The van der Waals surface area contributed by atoms with Crippen molar-refractivity contribution in [1.82, 2.24) is 14.6 Å². The lowest BCUT2D eigenvalue weighted by molar-refractivity contribution is 0.628. The Morgan fingerprint density at radius 2 is 1.96 bits per heavy atom. The van der Waals surface area contributed by atoms with Crippen molar-refractivity contribution in [3.05, 3.63) is 53.6 Å². The zero-order valence-electron chi connectivity index (χ0n) is 12.1. The Labute approximate surface area is 137 Å². The van der Waals surface area contributed by atoms with E-state index in [9.17, 15) is 4.39 Å². The number of nitrogens with zero attached hydrogens (tertiary/aromatic N) is 3. The molecule has 2 aromatic heterocycles. The average Bonchev–Trinajstić information content (AvgIpc) is 2.95. The molecule has 0 amide bonds. The van der Waals surface area contributed by atoms with E-state index in [1.165, 1.54) is 12.1 Å². The van der Waals surface area contributed by atoms with Gasteiger partial charge in [-0.2, -0.15) is 0 Å². The Morgan fingerprint density at radius 1 is 1.13 bits per heavy atom. The van der Waals surface area contributed by atoms with Crippen LogP contribution in [0.25, 0.3) is 22.5 Å². The lowest BCUT2D eigenvalue weighted by Gasteiger charge is -2.20. The molecule has 0 saturated heterocycles. The van der Waals surface area contributed by atoms with Crippen LogP contribution in [0.2, 0.25) is 5.02 Å². The lowest BCUT2D eigenvalue weighted by Crippen LogP contribution is -2.30. The zero-order chi connectivity index (χ0) is 15.8. The number of hydrogen-bond acceptors (Lipinski definition) is 4. The van der Waals surface area contributed by atoms with Crippen LogP contribution in [-0.2, 0) is 0 Å². The highest BCUT2D eigenvalue weighted by molar-refractivity contribution is 6.33. The van der Waals surface area contributed by atoms with E-state index in [1.807, 2.05) is 10.7 Å². The van der Waals surface area contributed by atoms with Crippen molar-refractivity contribution in [3.63, 3.8) is 0 Å². The van der Waals surface area contributed by atoms with Gasteiger partial charge < -0.3 is 10.7 Å².